The van der Waals surface area contributed by atoms with E-state index in [-0.39, 0.29) is 24.5 Å². The first kappa shape index (κ1) is 17.2. The number of nitrogens with one attached hydrogen (secondary N) is 1. The Kier molecular flexibility index (Phi) is 4.92. The minimum absolute atomic E-state index is 0.0441. The Labute approximate surface area is 132 Å². The summed E-state index contributed by atoms with van der Waals surface area (Å²) in [6.45, 7) is 3.47. The number of hydrogen-bond donors (Lipinski definition) is 1. The molecule has 6 heteroatoms. The molecule has 0 saturated carbocycles. The van der Waals surface area contributed by atoms with E-state index in [1.54, 1.807) is 13.8 Å². The van der Waals surface area contributed by atoms with Gasteiger partial charge < -0.3 is 5.32 Å². The number of carbonyl (C=O) groups is 2. The minimum Gasteiger partial charge on any atom is -0.384 e. The number of hydrogen-bond acceptors (Lipinski definition) is 3. The van der Waals surface area contributed by atoms with Crippen LogP contribution in [0, 0.1) is 5.92 Å². The van der Waals surface area contributed by atoms with Gasteiger partial charge in [-0.2, -0.15) is 13.2 Å². The van der Waals surface area contributed by atoms with Gasteiger partial charge in [-0.25, -0.2) is 0 Å². The third kappa shape index (κ3) is 4.00. The number of alkyl halides is 3. The van der Waals surface area contributed by atoms with Gasteiger partial charge in [-0.05, 0) is 49.6 Å². The average molecular weight is 325 g/mol. The van der Waals surface area contributed by atoms with Crippen LogP contribution in [0.3, 0.4) is 0 Å². The molecule has 0 heterocycles. The Morgan fingerprint density at radius 2 is 1.87 bits per heavy atom. The van der Waals surface area contributed by atoms with Crippen molar-refractivity contribution in [1.82, 2.24) is 0 Å². The van der Waals surface area contributed by atoms with Crippen molar-refractivity contribution in [3.8, 4) is 0 Å². The molecule has 0 radical (unpaired) electrons. The molecule has 0 amide bonds. The van der Waals surface area contributed by atoms with Crippen LogP contribution in [-0.2, 0) is 15.8 Å². The molecule has 0 aliphatic heterocycles. The smallest absolute Gasteiger partial charge is 0.384 e. The van der Waals surface area contributed by atoms with E-state index in [4.69, 9.17) is 0 Å². The van der Waals surface area contributed by atoms with Crippen molar-refractivity contribution in [2.24, 2.45) is 5.92 Å². The van der Waals surface area contributed by atoms with Gasteiger partial charge in [-0.1, -0.05) is 6.07 Å². The number of Topliss-reactive ketones (excluding diaryl/α,β-unsaturated/α-hetero) is 2. The number of benzene rings is 1. The van der Waals surface area contributed by atoms with Gasteiger partial charge in [0, 0.05) is 24.6 Å². The van der Waals surface area contributed by atoms with Crippen LogP contribution in [0.2, 0.25) is 0 Å². The average Bonchev–Trinajstić information content (AvgIpc) is 2.59. The zero-order valence-electron chi connectivity index (χ0n) is 13.0. The lowest BCUT2D eigenvalue weighted by molar-refractivity contribution is -0.137. The van der Waals surface area contributed by atoms with E-state index in [0.29, 0.717) is 23.3 Å². The van der Waals surface area contributed by atoms with Gasteiger partial charge in [0.25, 0.3) is 0 Å². The monoisotopic (exact) mass is 325 g/mol. The molecule has 0 fully saturated rings. The maximum absolute atomic E-state index is 12.7. The Bertz CT molecular complexity index is 662. The third-order valence-electron chi connectivity index (χ3n) is 4.18. The number of anilines is 1. The Morgan fingerprint density at radius 1 is 1.17 bits per heavy atom. The van der Waals surface area contributed by atoms with Gasteiger partial charge in [0.15, 0.2) is 11.6 Å². The molecule has 1 aromatic rings. The Morgan fingerprint density at radius 3 is 2.52 bits per heavy atom. The van der Waals surface area contributed by atoms with Crippen molar-refractivity contribution in [3.63, 3.8) is 0 Å². The van der Waals surface area contributed by atoms with Crippen LogP contribution >= 0.6 is 0 Å². The first-order valence-corrected chi connectivity index (χ1v) is 7.36. The van der Waals surface area contributed by atoms with E-state index in [0.717, 1.165) is 12.1 Å². The van der Waals surface area contributed by atoms with Gasteiger partial charge in [-0.15, -0.1) is 0 Å². The maximum Gasteiger partial charge on any atom is 0.416 e. The van der Waals surface area contributed by atoms with Crippen molar-refractivity contribution in [2.75, 3.05) is 11.9 Å². The van der Waals surface area contributed by atoms with E-state index >= 15 is 0 Å². The predicted molar refractivity (Wildman–Crippen MR) is 81.0 cm³/mol. The van der Waals surface area contributed by atoms with Gasteiger partial charge in [0.05, 0.1) is 5.56 Å². The SMILES string of the molecule is CC1=C(C)C(=O)C(CNc2cccc(C(F)(F)F)c2)CCC1=O. The van der Waals surface area contributed by atoms with Crippen LogP contribution in [0.15, 0.2) is 35.4 Å². The summed E-state index contributed by atoms with van der Waals surface area (Å²) >= 11 is 0. The number of ketones is 2. The predicted octanol–water partition coefficient (Wildman–Crippen LogP) is 4.00. The van der Waals surface area contributed by atoms with Crippen LogP contribution in [-0.4, -0.2) is 18.1 Å². The standard InChI is InChI=1S/C17H18F3NO2/c1-10-11(2)16(23)12(6-7-15(10)22)9-21-14-5-3-4-13(8-14)17(18,19)20/h3-5,8,12,21H,6-7,9H2,1-2H3. The molecule has 1 atom stereocenters. The number of halogens is 3. The molecule has 2 rings (SSSR count). The van der Waals surface area contributed by atoms with Crippen LogP contribution < -0.4 is 5.32 Å². The van der Waals surface area contributed by atoms with E-state index in [9.17, 15) is 22.8 Å². The first-order chi connectivity index (χ1) is 10.7. The molecule has 1 aliphatic carbocycles. The Hall–Kier alpha value is -2.11. The van der Waals surface area contributed by atoms with E-state index < -0.39 is 17.7 Å². The fraction of sp³-hybridized carbons (Fsp3) is 0.412. The second-order valence-corrected chi connectivity index (χ2v) is 5.73. The van der Waals surface area contributed by atoms with Crippen LogP contribution in [0.5, 0.6) is 0 Å². The van der Waals surface area contributed by atoms with E-state index in [1.165, 1.54) is 12.1 Å². The maximum atomic E-state index is 12.7. The van der Waals surface area contributed by atoms with E-state index in [2.05, 4.69) is 5.32 Å². The fourth-order valence-electron chi connectivity index (χ4n) is 2.57. The first-order valence-electron chi connectivity index (χ1n) is 7.36. The van der Waals surface area contributed by atoms with Crippen molar-refractivity contribution < 1.29 is 22.8 Å². The molecular weight excluding hydrogens is 307 g/mol. The lowest BCUT2D eigenvalue weighted by Gasteiger charge is -2.16. The van der Waals surface area contributed by atoms with E-state index in [1.807, 2.05) is 0 Å². The van der Waals surface area contributed by atoms with Gasteiger partial charge in [0.1, 0.15) is 0 Å². The van der Waals surface area contributed by atoms with Crippen molar-refractivity contribution in [3.05, 3.63) is 41.0 Å². The highest BCUT2D eigenvalue weighted by Crippen LogP contribution is 2.31. The van der Waals surface area contributed by atoms with Crippen molar-refractivity contribution >= 4 is 17.3 Å². The quantitative estimate of drug-likeness (QED) is 0.913. The molecule has 0 bridgehead atoms. The van der Waals surface area contributed by atoms with Crippen molar-refractivity contribution in [1.29, 1.82) is 0 Å². The molecule has 23 heavy (non-hydrogen) atoms. The fourth-order valence-corrected chi connectivity index (χ4v) is 2.57. The Balaban J connectivity index is 2.09. The van der Waals surface area contributed by atoms with Crippen molar-refractivity contribution in [2.45, 2.75) is 32.9 Å². The van der Waals surface area contributed by atoms with Crippen LogP contribution in [0.1, 0.15) is 32.3 Å². The molecule has 1 unspecified atom stereocenters. The second-order valence-electron chi connectivity index (χ2n) is 5.73. The lowest BCUT2D eigenvalue weighted by atomic mass is 9.95. The summed E-state index contributed by atoms with van der Waals surface area (Å²) in [4.78, 5) is 24.1. The van der Waals surface area contributed by atoms with Gasteiger partial charge in [0.2, 0.25) is 0 Å². The third-order valence-corrected chi connectivity index (χ3v) is 4.18. The van der Waals surface area contributed by atoms with Crippen LogP contribution in [0.4, 0.5) is 18.9 Å². The summed E-state index contributed by atoms with van der Waals surface area (Å²) in [5.74, 6) is -0.573. The topological polar surface area (TPSA) is 46.2 Å². The molecule has 0 aromatic heterocycles. The second kappa shape index (κ2) is 6.56. The molecule has 1 aromatic carbocycles. The number of carbonyl (C=O) groups excluding carboxylic acids is 2. The zero-order chi connectivity index (χ0) is 17.2. The zero-order valence-corrected chi connectivity index (χ0v) is 13.0. The summed E-state index contributed by atoms with van der Waals surface area (Å²) < 4.78 is 38.1. The largest absolute Gasteiger partial charge is 0.416 e. The molecule has 124 valence electrons. The molecule has 3 nitrogen and oxygen atoms in total. The molecule has 1 N–H and O–H groups in total. The molecule has 1 aliphatic rings. The normalized spacial score (nSPS) is 19.8. The summed E-state index contributed by atoms with van der Waals surface area (Å²) in [5, 5.41) is 2.88. The highest BCUT2D eigenvalue weighted by Gasteiger charge is 2.31. The highest BCUT2D eigenvalue weighted by atomic mass is 19.4. The minimum atomic E-state index is -4.40. The summed E-state index contributed by atoms with van der Waals surface area (Å²) in [5.41, 5.74) is 0.498. The highest BCUT2D eigenvalue weighted by molar-refractivity contribution is 6.08. The van der Waals surface area contributed by atoms with Crippen LogP contribution in [0.25, 0.3) is 0 Å². The molecule has 0 spiro atoms. The van der Waals surface area contributed by atoms with Gasteiger partial charge in [-0.3, -0.25) is 9.59 Å². The summed E-state index contributed by atoms with van der Waals surface area (Å²) in [6, 6.07) is 4.85. The summed E-state index contributed by atoms with van der Waals surface area (Å²) in [7, 11) is 0. The molecular formula is C17H18F3NO2. The summed E-state index contributed by atoms with van der Waals surface area (Å²) in [6.07, 6.45) is -3.72. The van der Waals surface area contributed by atoms with Gasteiger partial charge >= 0.3 is 6.18 Å². The lowest BCUT2D eigenvalue weighted by Crippen LogP contribution is -2.23. The molecule has 0 saturated heterocycles. The number of rotatable bonds is 3. The number of allylic oxidation sites excluding steroid dienone is 2.